The highest BCUT2D eigenvalue weighted by molar-refractivity contribution is 5.56. The standard InChI is InChI=1S/C13H12N4O2/c1-2-11-14-13(19-16-11)12-10(18)8-17(15-12)9-6-4-3-5-7-9/h3-8,18H,2H2,1H3. The molecule has 0 bridgehead atoms. The second kappa shape index (κ2) is 4.56. The first kappa shape index (κ1) is 11.5. The summed E-state index contributed by atoms with van der Waals surface area (Å²) in [6.45, 7) is 1.93. The van der Waals surface area contributed by atoms with Crippen molar-refractivity contribution in [2.75, 3.05) is 0 Å². The summed E-state index contributed by atoms with van der Waals surface area (Å²) in [5.41, 5.74) is 1.13. The van der Waals surface area contributed by atoms with Gasteiger partial charge in [0.2, 0.25) is 0 Å². The minimum Gasteiger partial charge on any atom is -0.504 e. The maximum atomic E-state index is 9.92. The molecule has 3 rings (SSSR count). The lowest BCUT2D eigenvalue weighted by Crippen LogP contribution is -1.94. The summed E-state index contributed by atoms with van der Waals surface area (Å²) in [6, 6.07) is 9.49. The van der Waals surface area contributed by atoms with Crippen LogP contribution in [0.5, 0.6) is 5.75 Å². The summed E-state index contributed by atoms with van der Waals surface area (Å²) in [5, 5.41) is 18.0. The van der Waals surface area contributed by atoms with Gasteiger partial charge in [-0.1, -0.05) is 30.3 Å². The molecule has 0 aliphatic carbocycles. The summed E-state index contributed by atoms with van der Waals surface area (Å²) >= 11 is 0. The van der Waals surface area contributed by atoms with E-state index in [9.17, 15) is 5.11 Å². The molecule has 0 saturated heterocycles. The van der Waals surface area contributed by atoms with E-state index in [1.54, 1.807) is 4.68 Å². The molecule has 2 heterocycles. The number of benzene rings is 1. The topological polar surface area (TPSA) is 77.0 Å². The van der Waals surface area contributed by atoms with Crippen molar-refractivity contribution in [3.05, 3.63) is 42.4 Å². The number of hydrogen-bond donors (Lipinski definition) is 1. The third-order valence-corrected chi connectivity index (χ3v) is 2.70. The van der Waals surface area contributed by atoms with E-state index in [0.717, 1.165) is 5.69 Å². The van der Waals surface area contributed by atoms with E-state index in [4.69, 9.17) is 4.52 Å². The molecule has 6 heteroatoms. The summed E-state index contributed by atoms with van der Waals surface area (Å²) < 4.78 is 6.64. The van der Waals surface area contributed by atoms with Crippen molar-refractivity contribution in [3.63, 3.8) is 0 Å². The molecule has 0 radical (unpaired) electrons. The molecule has 0 aliphatic rings. The molecule has 0 spiro atoms. The number of nitrogens with zero attached hydrogens (tertiary/aromatic N) is 4. The first-order chi connectivity index (χ1) is 9.28. The van der Waals surface area contributed by atoms with Crippen LogP contribution in [0.1, 0.15) is 12.7 Å². The molecule has 0 atom stereocenters. The van der Waals surface area contributed by atoms with E-state index < -0.39 is 0 Å². The van der Waals surface area contributed by atoms with Gasteiger partial charge >= 0.3 is 0 Å². The van der Waals surface area contributed by atoms with Crippen molar-refractivity contribution in [2.24, 2.45) is 0 Å². The molecular formula is C13H12N4O2. The van der Waals surface area contributed by atoms with Gasteiger partial charge in [-0.25, -0.2) is 4.68 Å². The fraction of sp³-hybridized carbons (Fsp3) is 0.154. The summed E-state index contributed by atoms with van der Waals surface area (Å²) in [6.07, 6.45) is 2.18. The summed E-state index contributed by atoms with van der Waals surface area (Å²) in [5.74, 6) is 0.822. The van der Waals surface area contributed by atoms with Crippen molar-refractivity contribution in [2.45, 2.75) is 13.3 Å². The lowest BCUT2D eigenvalue weighted by molar-refractivity contribution is 0.417. The maximum absolute atomic E-state index is 9.92. The van der Waals surface area contributed by atoms with Gasteiger partial charge < -0.3 is 9.63 Å². The van der Waals surface area contributed by atoms with Crippen LogP contribution < -0.4 is 0 Å². The van der Waals surface area contributed by atoms with E-state index >= 15 is 0 Å². The monoisotopic (exact) mass is 256 g/mol. The molecule has 3 aromatic rings. The first-order valence-corrected chi connectivity index (χ1v) is 5.95. The van der Waals surface area contributed by atoms with Gasteiger partial charge in [-0.3, -0.25) is 0 Å². The lowest BCUT2D eigenvalue weighted by atomic mass is 10.3. The van der Waals surface area contributed by atoms with Gasteiger partial charge in [0, 0.05) is 6.42 Å². The van der Waals surface area contributed by atoms with Crippen molar-refractivity contribution < 1.29 is 9.63 Å². The SMILES string of the molecule is CCc1noc(-c2nn(-c3ccccc3)cc2O)n1. The Morgan fingerprint density at radius 1 is 1.26 bits per heavy atom. The number of aryl methyl sites for hydroxylation is 1. The number of aromatic nitrogens is 4. The van der Waals surface area contributed by atoms with Crippen LogP contribution >= 0.6 is 0 Å². The molecule has 6 nitrogen and oxygen atoms in total. The van der Waals surface area contributed by atoms with Crippen molar-refractivity contribution in [3.8, 4) is 23.0 Å². The van der Waals surface area contributed by atoms with E-state index in [0.29, 0.717) is 12.2 Å². The molecule has 0 amide bonds. The zero-order valence-corrected chi connectivity index (χ0v) is 10.3. The van der Waals surface area contributed by atoms with Gasteiger partial charge in [-0.2, -0.15) is 10.1 Å². The van der Waals surface area contributed by atoms with Gasteiger partial charge in [0.05, 0.1) is 11.9 Å². The second-order valence-corrected chi connectivity index (χ2v) is 4.01. The quantitative estimate of drug-likeness (QED) is 0.777. The Bertz CT molecular complexity index is 688. The van der Waals surface area contributed by atoms with Gasteiger partial charge in [0.1, 0.15) is 0 Å². The molecule has 0 saturated carbocycles. The number of aromatic hydroxyl groups is 1. The molecular weight excluding hydrogens is 244 g/mol. The predicted octanol–water partition coefficient (Wildman–Crippen LogP) is 2.19. The average Bonchev–Trinajstić information content (AvgIpc) is 3.06. The normalized spacial score (nSPS) is 10.8. The molecule has 1 aromatic carbocycles. The van der Waals surface area contributed by atoms with Crippen LogP contribution in [0.3, 0.4) is 0 Å². The fourth-order valence-corrected chi connectivity index (χ4v) is 1.72. The molecule has 0 unspecified atom stereocenters. The first-order valence-electron chi connectivity index (χ1n) is 5.95. The zero-order valence-electron chi connectivity index (χ0n) is 10.3. The Balaban J connectivity index is 2.02. The van der Waals surface area contributed by atoms with Crippen LogP contribution in [-0.4, -0.2) is 25.0 Å². The minimum absolute atomic E-state index is 0.00940. The Hall–Kier alpha value is -2.63. The highest BCUT2D eigenvalue weighted by Gasteiger charge is 2.17. The third kappa shape index (κ3) is 2.08. The highest BCUT2D eigenvalue weighted by atomic mass is 16.5. The van der Waals surface area contributed by atoms with Gasteiger partial charge in [-0.05, 0) is 12.1 Å². The molecule has 96 valence electrons. The second-order valence-electron chi connectivity index (χ2n) is 4.01. The van der Waals surface area contributed by atoms with Crippen LogP contribution in [0.25, 0.3) is 17.3 Å². The van der Waals surface area contributed by atoms with Gasteiger partial charge in [0.25, 0.3) is 5.89 Å². The summed E-state index contributed by atoms with van der Waals surface area (Å²) in [7, 11) is 0. The molecule has 0 aliphatic heterocycles. The Labute approximate surface area is 109 Å². The predicted molar refractivity (Wildman–Crippen MR) is 67.9 cm³/mol. The average molecular weight is 256 g/mol. The lowest BCUT2D eigenvalue weighted by Gasteiger charge is -1.98. The van der Waals surface area contributed by atoms with E-state index in [1.165, 1.54) is 6.20 Å². The Kier molecular flexibility index (Phi) is 2.75. The van der Waals surface area contributed by atoms with E-state index in [2.05, 4.69) is 15.2 Å². The smallest absolute Gasteiger partial charge is 0.282 e. The molecule has 0 fully saturated rings. The summed E-state index contributed by atoms with van der Waals surface area (Å²) in [4.78, 5) is 4.15. The largest absolute Gasteiger partial charge is 0.504 e. The zero-order chi connectivity index (χ0) is 13.2. The van der Waals surface area contributed by atoms with Crippen LogP contribution in [-0.2, 0) is 6.42 Å². The van der Waals surface area contributed by atoms with E-state index in [-0.39, 0.29) is 17.3 Å². The molecule has 2 aromatic heterocycles. The number of hydrogen-bond acceptors (Lipinski definition) is 5. The van der Waals surface area contributed by atoms with Crippen LogP contribution in [0, 0.1) is 0 Å². The van der Waals surface area contributed by atoms with Crippen molar-refractivity contribution in [1.29, 1.82) is 0 Å². The van der Waals surface area contributed by atoms with Crippen LogP contribution in [0.4, 0.5) is 0 Å². The fourth-order valence-electron chi connectivity index (χ4n) is 1.72. The van der Waals surface area contributed by atoms with E-state index in [1.807, 2.05) is 37.3 Å². The third-order valence-electron chi connectivity index (χ3n) is 2.70. The Morgan fingerprint density at radius 2 is 2.05 bits per heavy atom. The molecule has 1 N–H and O–H groups in total. The minimum atomic E-state index is 0.00940. The van der Waals surface area contributed by atoms with Crippen LogP contribution in [0.15, 0.2) is 41.1 Å². The van der Waals surface area contributed by atoms with Gasteiger partial charge in [-0.15, -0.1) is 0 Å². The number of para-hydroxylation sites is 1. The van der Waals surface area contributed by atoms with Crippen molar-refractivity contribution in [1.82, 2.24) is 19.9 Å². The van der Waals surface area contributed by atoms with Crippen molar-refractivity contribution >= 4 is 0 Å². The van der Waals surface area contributed by atoms with Crippen LogP contribution in [0.2, 0.25) is 0 Å². The maximum Gasteiger partial charge on any atom is 0.282 e. The molecule has 19 heavy (non-hydrogen) atoms. The Morgan fingerprint density at radius 3 is 2.74 bits per heavy atom. The van der Waals surface area contributed by atoms with Gasteiger partial charge in [0.15, 0.2) is 17.3 Å². The number of rotatable bonds is 3. The highest BCUT2D eigenvalue weighted by Crippen LogP contribution is 2.27.